The van der Waals surface area contributed by atoms with Gasteiger partial charge in [0, 0.05) is 16.2 Å². The van der Waals surface area contributed by atoms with E-state index in [9.17, 15) is 43.1 Å². The maximum atomic E-state index is 12.4. The lowest BCUT2D eigenvalue weighted by atomic mass is 10.1. The van der Waals surface area contributed by atoms with Crippen LogP contribution in [0.4, 0.5) is 45.5 Å². The molecule has 0 spiro atoms. The number of nitrogens with zero attached hydrogens (tertiary/aromatic N) is 6. The van der Waals surface area contributed by atoms with Crippen molar-refractivity contribution in [3.8, 4) is 5.75 Å². The van der Waals surface area contributed by atoms with Crippen molar-refractivity contribution < 1.29 is 47.9 Å². The van der Waals surface area contributed by atoms with Crippen LogP contribution in [0.1, 0.15) is 5.56 Å². The smallest absolute Gasteiger partial charge is 0.296 e. The molecule has 0 saturated carbocycles. The fraction of sp³-hybridized carbons (Fsp3) is 0.0303. The third-order valence-corrected chi connectivity index (χ3v) is 11.5. The molecule has 0 heterocycles. The molecule has 290 valence electrons. The van der Waals surface area contributed by atoms with Gasteiger partial charge in [0.25, 0.3) is 20.2 Å². The summed E-state index contributed by atoms with van der Waals surface area (Å²) in [7, 11) is -12.3. The van der Waals surface area contributed by atoms with Crippen molar-refractivity contribution in [3.05, 3.63) is 103 Å². The predicted molar refractivity (Wildman–Crippen MR) is 208 cm³/mol. The summed E-state index contributed by atoms with van der Waals surface area (Å²) in [6.07, 6.45) is 0. The number of methoxy groups -OCH3 is 1. The summed E-state index contributed by atoms with van der Waals surface area (Å²) in [6.45, 7) is 6.82. The zero-order chi connectivity index (χ0) is 41.2. The molecule has 0 fully saturated rings. The van der Waals surface area contributed by atoms with Crippen LogP contribution in [0.3, 0.4) is 0 Å². The minimum Gasteiger partial charge on any atom is -0.494 e. The van der Waals surface area contributed by atoms with Crippen LogP contribution >= 0.6 is 0 Å². The van der Waals surface area contributed by atoms with Crippen molar-refractivity contribution >= 4 is 102 Å². The summed E-state index contributed by atoms with van der Waals surface area (Å²) in [5.41, 5.74) is 11.2. The largest absolute Gasteiger partial charge is 0.494 e. The number of sulfone groups is 1. The highest BCUT2D eigenvalue weighted by molar-refractivity contribution is 7.94. The van der Waals surface area contributed by atoms with Gasteiger partial charge >= 0.3 is 0 Å². The summed E-state index contributed by atoms with van der Waals surface area (Å²) in [6, 6.07) is 16.5. The number of azo groups is 3. The number of anilines is 2. The monoisotopic (exact) mass is 840 g/mol. The first-order chi connectivity index (χ1) is 26.2. The molecule has 0 aliphatic carbocycles. The first-order valence-electron chi connectivity index (χ1n) is 15.2. The predicted octanol–water partition coefficient (Wildman–Crippen LogP) is 7.86. The second kappa shape index (κ2) is 16.0. The normalized spacial score (nSPS) is 13.1. The van der Waals surface area contributed by atoms with Crippen LogP contribution in [0.25, 0.3) is 15.7 Å². The van der Waals surface area contributed by atoms with Crippen LogP contribution in [-0.2, 0) is 41.2 Å². The third kappa shape index (κ3) is 8.89. The van der Waals surface area contributed by atoms with E-state index in [4.69, 9.17) is 16.2 Å². The van der Waals surface area contributed by atoms with E-state index in [0.29, 0.717) is 5.56 Å². The minimum atomic E-state index is -4.99. The van der Waals surface area contributed by atoms with E-state index in [1.807, 2.05) is 0 Å². The fourth-order valence-corrected chi connectivity index (χ4v) is 7.06. The van der Waals surface area contributed by atoms with Gasteiger partial charge in [-0.25, -0.2) is 12.6 Å². The summed E-state index contributed by atoms with van der Waals surface area (Å²) >= 11 is -2.31. The van der Waals surface area contributed by atoms with Gasteiger partial charge in [0.1, 0.15) is 27.7 Å². The van der Waals surface area contributed by atoms with Crippen LogP contribution in [-0.4, -0.2) is 50.2 Å². The van der Waals surface area contributed by atoms with Gasteiger partial charge in [0.05, 0.1) is 50.2 Å². The Kier molecular flexibility index (Phi) is 11.7. The lowest BCUT2D eigenvalue weighted by Crippen LogP contribution is -2.05. The Morgan fingerprint density at radius 3 is 1.86 bits per heavy atom. The van der Waals surface area contributed by atoms with Gasteiger partial charge in [0.2, 0.25) is 0 Å². The number of benzene rings is 5. The van der Waals surface area contributed by atoms with Gasteiger partial charge in [-0.05, 0) is 66.2 Å². The maximum Gasteiger partial charge on any atom is 0.296 e. The molecule has 5 rings (SSSR count). The number of nitrogens with two attached hydrogens (primary N) is 2. The average Bonchev–Trinajstić information content (AvgIpc) is 3.15. The lowest BCUT2D eigenvalue weighted by Gasteiger charge is -2.11. The van der Waals surface area contributed by atoms with Crippen molar-refractivity contribution in [2.45, 2.75) is 14.7 Å². The zero-order valence-corrected chi connectivity index (χ0v) is 31.8. The number of nitrogen functional groups attached to an aromatic ring is 2. The van der Waals surface area contributed by atoms with Gasteiger partial charge in [-0.3, -0.25) is 9.11 Å². The third-order valence-electron chi connectivity index (χ3n) is 7.73. The Hall–Kier alpha value is -6.08. The van der Waals surface area contributed by atoms with Gasteiger partial charge in [-0.2, -0.15) is 21.9 Å². The van der Waals surface area contributed by atoms with Gasteiger partial charge < -0.3 is 20.8 Å². The molecule has 0 aliphatic heterocycles. The van der Waals surface area contributed by atoms with E-state index < -0.39 is 62.3 Å². The molecule has 1 atom stereocenters. The number of fused-ring (bicyclic) bond motifs is 1. The Morgan fingerprint density at radius 1 is 0.696 bits per heavy atom. The summed E-state index contributed by atoms with van der Waals surface area (Å²) in [5, 5.41) is 25.5. The number of hydrogen-bond donors (Lipinski definition) is 5. The Balaban J connectivity index is 1.62. The second-order valence-electron chi connectivity index (χ2n) is 11.2. The summed E-state index contributed by atoms with van der Waals surface area (Å²) in [4.78, 5) is -1.57. The molecule has 23 heteroatoms. The number of rotatable bonds is 13. The summed E-state index contributed by atoms with van der Waals surface area (Å²) < 4.78 is 119. The fourth-order valence-electron chi connectivity index (χ4n) is 4.86. The highest BCUT2D eigenvalue weighted by Gasteiger charge is 2.23. The molecule has 56 heavy (non-hydrogen) atoms. The molecule has 0 amide bonds. The van der Waals surface area contributed by atoms with Crippen molar-refractivity contribution in [2.24, 2.45) is 30.7 Å². The molecule has 0 bridgehead atoms. The van der Waals surface area contributed by atoms with Crippen LogP contribution in [0, 0.1) is 0 Å². The van der Waals surface area contributed by atoms with Gasteiger partial charge in [-0.15, -0.1) is 25.6 Å². The molecule has 0 radical (unpaired) electrons. The van der Waals surface area contributed by atoms with E-state index in [-0.39, 0.29) is 60.4 Å². The van der Waals surface area contributed by atoms with Crippen LogP contribution < -0.4 is 16.2 Å². The van der Waals surface area contributed by atoms with Crippen LogP contribution in [0.2, 0.25) is 0 Å². The standard InChI is InChI=1S/C33H28N8O11S4/c1-4-54(44,45)21-10-14-29(52-3)27(16-21)39-38-26-13-12-25(23-11-9-22(15-24(23)26)55(46,47)48)37-40-28-17-30(56(49,50)51)32(35)33(31(28)34)41-36-20-7-5-19(6-8-20)18(2)53(42)43/h4-17H,1-2,34-35H2,3H3,(H,42,43)(H,46,47,48)(H,49,50,51). The summed E-state index contributed by atoms with van der Waals surface area (Å²) in [5.74, 6) is 0.149. The number of ether oxygens (including phenoxy) is 1. The zero-order valence-electron chi connectivity index (χ0n) is 28.6. The molecule has 5 aromatic carbocycles. The molecule has 7 N–H and O–H groups in total. The van der Waals surface area contributed by atoms with Crippen molar-refractivity contribution in [1.82, 2.24) is 0 Å². The SMILES string of the molecule is C=CS(=O)(=O)c1ccc(OC)c(N=Nc2ccc(N=Nc3cc(S(=O)(=O)O)c(N)c(N=Nc4ccc(C(=C)S(=O)O)cc4)c3N)c3ccc(S(=O)(=O)O)cc23)c1. The van der Waals surface area contributed by atoms with Crippen LogP contribution in [0.5, 0.6) is 5.75 Å². The highest BCUT2D eigenvalue weighted by atomic mass is 32.2. The molecule has 5 aromatic rings. The van der Waals surface area contributed by atoms with Crippen LogP contribution in [0.15, 0.2) is 143 Å². The van der Waals surface area contributed by atoms with Gasteiger partial charge in [0.15, 0.2) is 20.9 Å². The topological polar surface area (TPSA) is 316 Å². The van der Waals surface area contributed by atoms with Gasteiger partial charge in [-0.1, -0.05) is 31.4 Å². The molecular weight excluding hydrogens is 813 g/mol. The van der Waals surface area contributed by atoms with E-state index in [2.05, 4.69) is 43.8 Å². The quantitative estimate of drug-likeness (QED) is 0.0326. The molecule has 0 aliphatic rings. The lowest BCUT2D eigenvalue weighted by molar-refractivity contribution is 0.415. The van der Waals surface area contributed by atoms with E-state index in [1.165, 1.54) is 67.8 Å². The molecule has 0 saturated heterocycles. The van der Waals surface area contributed by atoms with E-state index in [1.54, 1.807) is 0 Å². The first-order valence-corrected chi connectivity index (χ1v) is 20.7. The number of hydrogen-bond acceptors (Lipinski definition) is 16. The molecule has 1 unspecified atom stereocenters. The van der Waals surface area contributed by atoms with Crippen molar-refractivity contribution in [3.63, 3.8) is 0 Å². The highest BCUT2D eigenvalue weighted by Crippen LogP contribution is 2.44. The first kappa shape index (κ1) is 41.1. The second-order valence-corrected chi connectivity index (χ2v) is 16.9. The van der Waals surface area contributed by atoms with E-state index in [0.717, 1.165) is 23.6 Å². The average molecular weight is 841 g/mol. The molecular formula is C33H28N8O11S4. The van der Waals surface area contributed by atoms with Crippen molar-refractivity contribution in [1.29, 1.82) is 0 Å². The Bertz CT molecular complexity index is 2900. The van der Waals surface area contributed by atoms with Crippen molar-refractivity contribution in [2.75, 3.05) is 18.6 Å². The molecule has 0 aromatic heterocycles. The molecule has 19 nitrogen and oxygen atoms in total. The van der Waals surface area contributed by atoms with E-state index >= 15 is 0 Å². The Labute approximate surface area is 321 Å². The minimum absolute atomic E-state index is 0.0120. The Morgan fingerprint density at radius 2 is 1.29 bits per heavy atom. The maximum absolute atomic E-state index is 12.4.